The van der Waals surface area contributed by atoms with Crippen molar-refractivity contribution in [2.45, 2.75) is 29.2 Å². The van der Waals surface area contributed by atoms with Crippen LogP contribution in [0.3, 0.4) is 0 Å². The number of halogens is 1. The van der Waals surface area contributed by atoms with Crippen LogP contribution in [-0.2, 0) is 4.74 Å². The van der Waals surface area contributed by atoms with Crippen molar-refractivity contribution < 1.29 is 4.74 Å². The van der Waals surface area contributed by atoms with Crippen molar-refractivity contribution in [1.82, 2.24) is 19.6 Å². The minimum atomic E-state index is 0.325. The van der Waals surface area contributed by atoms with Crippen LogP contribution in [0.1, 0.15) is 19.3 Å². The van der Waals surface area contributed by atoms with Crippen molar-refractivity contribution in [2.24, 2.45) is 5.41 Å². The largest absolute Gasteiger partial charge is 0.382 e. The minimum Gasteiger partial charge on any atom is -0.382 e. The average Bonchev–Trinajstić information content (AvgIpc) is 3.37. The van der Waals surface area contributed by atoms with Crippen LogP contribution in [0.25, 0.3) is 5.52 Å². The van der Waals surface area contributed by atoms with Gasteiger partial charge in [-0.25, -0.2) is 14.5 Å². The van der Waals surface area contributed by atoms with Gasteiger partial charge in [-0.1, -0.05) is 23.4 Å². The van der Waals surface area contributed by atoms with Crippen LogP contribution in [0.15, 0.2) is 40.6 Å². The second kappa shape index (κ2) is 7.09. The van der Waals surface area contributed by atoms with E-state index in [0.29, 0.717) is 16.3 Å². The highest BCUT2D eigenvalue weighted by Crippen LogP contribution is 2.41. The van der Waals surface area contributed by atoms with Gasteiger partial charge in [-0.05, 0) is 36.8 Å². The van der Waals surface area contributed by atoms with Crippen molar-refractivity contribution in [3.63, 3.8) is 0 Å². The monoisotopic (exact) mass is 416 g/mol. The third-order valence-corrected chi connectivity index (χ3v) is 7.34. The maximum absolute atomic E-state index is 6.30. The number of piperidine rings is 1. The van der Waals surface area contributed by atoms with E-state index >= 15 is 0 Å². The number of rotatable bonds is 3. The summed E-state index contributed by atoms with van der Waals surface area (Å²) in [5.74, 6) is 1.31. The van der Waals surface area contributed by atoms with E-state index in [4.69, 9.17) is 27.1 Å². The summed E-state index contributed by atoms with van der Waals surface area (Å²) < 4.78 is 7.57. The van der Waals surface area contributed by atoms with Crippen molar-refractivity contribution in [2.75, 3.05) is 36.9 Å². The topological polar surface area (TPSA) is 81.6 Å². The van der Waals surface area contributed by atoms with Gasteiger partial charge in [-0.15, -0.1) is 0 Å². The second-order valence-corrected chi connectivity index (χ2v) is 8.89. The fourth-order valence-electron chi connectivity index (χ4n) is 4.07. The number of hydrogen-bond donors (Lipinski definition) is 1. The molecule has 3 aromatic heterocycles. The Morgan fingerprint density at radius 1 is 1.14 bits per heavy atom. The van der Waals surface area contributed by atoms with Crippen LogP contribution in [-0.4, -0.2) is 45.9 Å². The molecule has 0 amide bonds. The SMILES string of the molecule is Nc1nccc(Sc2cnc(N3CCC4(CCOC4)CC3)c3ccnn23)c1Cl. The number of aromatic nitrogens is 4. The highest BCUT2D eigenvalue weighted by molar-refractivity contribution is 7.99. The van der Waals surface area contributed by atoms with E-state index < -0.39 is 0 Å². The van der Waals surface area contributed by atoms with Crippen LogP contribution in [0.5, 0.6) is 0 Å². The molecule has 146 valence electrons. The van der Waals surface area contributed by atoms with E-state index in [0.717, 1.165) is 60.4 Å². The molecule has 0 aromatic carbocycles. The number of ether oxygens (including phenoxy) is 1. The molecular weight excluding hydrogens is 396 g/mol. The van der Waals surface area contributed by atoms with Gasteiger partial charge < -0.3 is 15.4 Å². The number of fused-ring (bicyclic) bond motifs is 1. The minimum absolute atomic E-state index is 0.325. The third kappa shape index (κ3) is 3.09. The summed E-state index contributed by atoms with van der Waals surface area (Å²) in [6, 6.07) is 3.86. The van der Waals surface area contributed by atoms with E-state index in [2.05, 4.69) is 15.0 Å². The highest BCUT2D eigenvalue weighted by Gasteiger charge is 2.38. The second-order valence-electron chi connectivity index (χ2n) is 7.45. The molecule has 9 heteroatoms. The molecule has 2 N–H and O–H groups in total. The summed E-state index contributed by atoms with van der Waals surface area (Å²) in [5.41, 5.74) is 7.21. The van der Waals surface area contributed by atoms with Crippen LogP contribution >= 0.6 is 23.4 Å². The van der Waals surface area contributed by atoms with Crippen molar-refractivity contribution in [3.8, 4) is 0 Å². The molecule has 7 nitrogen and oxygen atoms in total. The molecule has 0 radical (unpaired) electrons. The molecule has 0 saturated carbocycles. The Balaban J connectivity index is 1.43. The smallest absolute Gasteiger partial charge is 0.154 e. The fourth-order valence-corrected chi connectivity index (χ4v) is 5.18. The van der Waals surface area contributed by atoms with E-state index in [-0.39, 0.29) is 0 Å². The average molecular weight is 417 g/mol. The van der Waals surface area contributed by atoms with Crippen molar-refractivity contribution in [1.29, 1.82) is 0 Å². The highest BCUT2D eigenvalue weighted by atomic mass is 35.5. The standard InChI is InChI=1S/C19H21ClN6OS/c20-16-14(2-6-22-17(16)21)28-15-11-23-18(13-1-7-24-26(13)15)25-8-3-19(4-9-25)5-10-27-12-19/h1-2,6-7,11H,3-5,8-10,12H2,(H2,21,22). The molecular formula is C19H21ClN6OS. The predicted molar refractivity (Wildman–Crippen MR) is 110 cm³/mol. The molecule has 2 aliphatic rings. The number of anilines is 2. The molecule has 0 bridgehead atoms. The lowest BCUT2D eigenvalue weighted by Crippen LogP contribution is -2.41. The van der Waals surface area contributed by atoms with Gasteiger partial charge in [0.1, 0.15) is 16.4 Å². The molecule has 2 fully saturated rings. The quantitative estimate of drug-likeness (QED) is 0.699. The number of nitrogens with two attached hydrogens (primary N) is 1. The summed E-state index contributed by atoms with van der Waals surface area (Å²) in [7, 11) is 0. The summed E-state index contributed by atoms with van der Waals surface area (Å²) in [6.45, 7) is 3.80. The number of hydrogen-bond acceptors (Lipinski definition) is 7. The van der Waals surface area contributed by atoms with E-state index in [1.54, 1.807) is 6.20 Å². The fraction of sp³-hybridized carbons (Fsp3) is 0.421. The molecule has 28 heavy (non-hydrogen) atoms. The molecule has 3 aromatic rings. The Labute approximate surface area is 172 Å². The predicted octanol–water partition coefficient (Wildman–Crippen LogP) is 3.52. The van der Waals surface area contributed by atoms with Crippen LogP contribution in [0, 0.1) is 5.41 Å². The van der Waals surface area contributed by atoms with Gasteiger partial charge in [0.15, 0.2) is 5.82 Å². The zero-order valence-electron chi connectivity index (χ0n) is 15.3. The molecule has 0 aliphatic carbocycles. The maximum atomic E-state index is 6.30. The van der Waals surface area contributed by atoms with Gasteiger partial charge in [-0.3, -0.25) is 0 Å². The molecule has 0 unspecified atom stereocenters. The van der Waals surface area contributed by atoms with Gasteiger partial charge in [-0.2, -0.15) is 5.10 Å². The third-order valence-electron chi connectivity index (χ3n) is 5.78. The summed E-state index contributed by atoms with van der Waals surface area (Å²) in [4.78, 5) is 12.0. The zero-order valence-corrected chi connectivity index (χ0v) is 16.9. The Hall–Kier alpha value is -2.03. The van der Waals surface area contributed by atoms with Gasteiger partial charge in [0.05, 0.1) is 24.0 Å². The lowest BCUT2D eigenvalue weighted by Gasteiger charge is -2.39. The summed E-state index contributed by atoms with van der Waals surface area (Å²) >= 11 is 7.79. The van der Waals surface area contributed by atoms with Crippen LogP contribution < -0.4 is 10.6 Å². The zero-order chi connectivity index (χ0) is 19.1. The van der Waals surface area contributed by atoms with Crippen molar-refractivity contribution >= 4 is 40.5 Å². The first-order valence-electron chi connectivity index (χ1n) is 9.39. The van der Waals surface area contributed by atoms with E-state index in [1.165, 1.54) is 18.2 Å². The first-order chi connectivity index (χ1) is 13.7. The Morgan fingerprint density at radius 2 is 2.00 bits per heavy atom. The molecule has 2 saturated heterocycles. The lowest BCUT2D eigenvalue weighted by atomic mass is 9.78. The van der Waals surface area contributed by atoms with Gasteiger partial charge >= 0.3 is 0 Å². The Bertz CT molecular complexity index is 1010. The van der Waals surface area contributed by atoms with Crippen LogP contribution in [0.2, 0.25) is 5.02 Å². The van der Waals surface area contributed by atoms with E-state index in [9.17, 15) is 0 Å². The maximum Gasteiger partial charge on any atom is 0.154 e. The molecule has 5 heterocycles. The number of nitrogens with zero attached hydrogens (tertiary/aromatic N) is 5. The lowest BCUT2D eigenvalue weighted by molar-refractivity contribution is 0.133. The van der Waals surface area contributed by atoms with Gasteiger partial charge in [0.2, 0.25) is 0 Å². The summed E-state index contributed by atoms with van der Waals surface area (Å²) in [6.07, 6.45) is 8.80. The van der Waals surface area contributed by atoms with Crippen molar-refractivity contribution in [3.05, 3.63) is 35.7 Å². The molecule has 0 atom stereocenters. The van der Waals surface area contributed by atoms with Crippen LogP contribution in [0.4, 0.5) is 11.6 Å². The first-order valence-corrected chi connectivity index (χ1v) is 10.6. The van der Waals surface area contributed by atoms with Gasteiger partial charge in [0, 0.05) is 30.8 Å². The Kier molecular flexibility index (Phi) is 4.57. The number of nitrogen functional groups attached to an aromatic ring is 1. The van der Waals surface area contributed by atoms with E-state index in [1.807, 2.05) is 29.0 Å². The normalized spacial score (nSPS) is 19.0. The Morgan fingerprint density at radius 3 is 2.79 bits per heavy atom. The molecule has 2 aliphatic heterocycles. The molecule has 1 spiro atoms. The molecule has 5 rings (SSSR count). The first kappa shape index (κ1) is 18.0. The number of pyridine rings is 1. The van der Waals surface area contributed by atoms with Gasteiger partial charge in [0.25, 0.3) is 0 Å². The summed E-state index contributed by atoms with van der Waals surface area (Å²) in [5, 5.41) is 5.85.